The van der Waals surface area contributed by atoms with Crippen molar-refractivity contribution in [1.82, 2.24) is 19.7 Å². The molecule has 1 aliphatic rings. The predicted octanol–water partition coefficient (Wildman–Crippen LogP) is 4.74. The Labute approximate surface area is 203 Å². The van der Waals surface area contributed by atoms with Crippen LogP contribution in [-0.4, -0.2) is 28.2 Å². The van der Waals surface area contributed by atoms with Crippen LogP contribution in [0.4, 0.5) is 15.9 Å². The molecule has 8 nitrogen and oxygen atoms in total. The molecular weight excluding hydrogens is 558 g/mol. The zero-order valence-electron chi connectivity index (χ0n) is 17.4. The molecule has 0 atom stereocenters. The Morgan fingerprint density at radius 2 is 1.88 bits per heavy atom. The van der Waals surface area contributed by atoms with E-state index in [2.05, 4.69) is 14.7 Å². The number of aromatic nitrogens is 4. The van der Waals surface area contributed by atoms with E-state index in [1.807, 2.05) is 27.3 Å². The maximum atomic E-state index is 15.1. The number of nitrogens with two attached hydrogens (primary N) is 1. The highest BCUT2D eigenvalue weighted by Crippen LogP contribution is 2.37. The smallest absolute Gasteiger partial charge is 0.263 e. The molecule has 0 spiro atoms. The lowest BCUT2D eigenvalue weighted by Gasteiger charge is -2.11. The first-order valence-corrected chi connectivity index (χ1v) is 13.0. The normalized spacial score (nSPS) is 14.7. The minimum Gasteiger partial charge on any atom is -0.383 e. The van der Waals surface area contributed by atoms with Crippen molar-refractivity contribution >= 4 is 55.2 Å². The fourth-order valence-corrected chi connectivity index (χ4v) is 6.61. The van der Waals surface area contributed by atoms with Crippen LogP contribution >= 0.6 is 22.6 Å². The highest BCUT2D eigenvalue weighted by atomic mass is 127. The molecule has 0 amide bonds. The molecule has 5 rings (SSSR count). The lowest BCUT2D eigenvalue weighted by molar-refractivity contribution is 0.479. The van der Waals surface area contributed by atoms with Crippen molar-refractivity contribution in [2.75, 3.05) is 10.5 Å². The molecule has 1 saturated carbocycles. The Bertz CT molecular complexity index is 1470. The van der Waals surface area contributed by atoms with Gasteiger partial charge in [0.15, 0.2) is 5.65 Å². The van der Waals surface area contributed by atoms with Gasteiger partial charge in [-0.2, -0.15) is 5.10 Å². The van der Waals surface area contributed by atoms with Crippen molar-refractivity contribution in [2.24, 2.45) is 0 Å². The molecule has 1 aliphatic carbocycles. The largest absolute Gasteiger partial charge is 0.383 e. The molecule has 0 saturated heterocycles. The van der Waals surface area contributed by atoms with Crippen molar-refractivity contribution in [3.05, 3.63) is 58.2 Å². The van der Waals surface area contributed by atoms with Gasteiger partial charge in [-0.15, -0.1) is 0 Å². The first-order chi connectivity index (χ1) is 15.8. The second kappa shape index (κ2) is 8.52. The van der Waals surface area contributed by atoms with Crippen molar-refractivity contribution in [2.45, 2.75) is 36.6 Å². The van der Waals surface area contributed by atoms with Gasteiger partial charge in [-0.3, -0.25) is 4.72 Å². The van der Waals surface area contributed by atoms with Gasteiger partial charge in [0.1, 0.15) is 28.6 Å². The highest BCUT2D eigenvalue weighted by Gasteiger charge is 2.25. The van der Waals surface area contributed by atoms with E-state index in [9.17, 15) is 8.42 Å². The van der Waals surface area contributed by atoms with Gasteiger partial charge in [0, 0.05) is 9.13 Å². The van der Waals surface area contributed by atoms with Crippen LogP contribution in [0.5, 0.6) is 0 Å². The van der Waals surface area contributed by atoms with Crippen molar-refractivity contribution in [3.63, 3.8) is 0 Å². The van der Waals surface area contributed by atoms with Crippen molar-refractivity contribution in [1.29, 1.82) is 0 Å². The third-order valence-corrected chi connectivity index (χ3v) is 8.53. The Kier molecular flexibility index (Phi) is 5.69. The van der Waals surface area contributed by atoms with Crippen LogP contribution in [0, 0.1) is 9.39 Å². The van der Waals surface area contributed by atoms with E-state index >= 15 is 4.39 Å². The average molecular weight is 578 g/mol. The molecule has 33 heavy (non-hydrogen) atoms. The maximum absolute atomic E-state index is 15.1. The lowest BCUT2D eigenvalue weighted by Crippen LogP contribution is -2.15. The molecule has 0 aliphatic heterocycles. The van der Waals surface area contributed by atoms with Crippen LogP contribution in [0.1, 0.15) is 31.7 Å². The number of hydrogen-bond acceptors (Lipinski definition) is 6. The van der Waals surface area contributed by atoms with Crippen LogP contribution in [-0.2, 0) is 10.0 Å². The summed E-state index contributed by atoms with van der Waals surface area (Å²) in [6.45, 7) is 0. The minimum absolute atomic E-state index is 0.0836. The number of nitrogens with zero attached hydrogens (tertiary/aromatic N) is 4. The molecule has 2 heterocycles. The second-order valence-corrected chi connectivity index (χ2v) is 10.7. The van der Waals surface area contributed by atoms with E-state index in [1.165, 1.54) is 24.5 Å². The number of rotatable bonds is 5. The van der Waals surface area contributed by atoms with Crippen molar-refractivity contribution in [3.8, 4) is 11.3 Å². The molecule has 2 aromatic heterocycles. The topological polar surface area (TPSA) is 116 Å². The Morgan fingerprint density at radius 1 is 1.12 bits per heavy atom. The minimum atomic E-state index is -3.95. The van der Waals surface area contributed by atoms with Gasteiger partial charge >= 0.3 is 0 Å². The summed E-state index contributed by atoms with van der Waals surface area (Å²) >= 11 is 1.93. The molecule has 0 radical (unpaired) electrons. The molecular formula is C22H20FIN6O2S. The zero-order chi connectivity index (χ0) is 23.2. The fraction of sp³-hybridized carbons (Fsp3) is 0.227. The van der Waals surface area contributed by atoms with E-state index in [-0.39, 0.29) is 22.4 Å². The summed E-state index contributed by atoms with van der Waals surface area (Å²) in [6, 6.07) is 11.0. The monoisotopic (exact) mass is 578 g/mol. The number of fused-ring (bicyclic) bond motifs is 1. The lowest BCUT2D eigenvalue weighted by atomic mass is 10.1. The van der Waals surface area contributed by atoms with Crippen molar-refractivity contribution < 1.29 is 12.8 Å². The highest BCUT2D eigenvalue weighted by molar-refractivity contribution is 14.1. The molecule has 170 valence electrons. The average Bonchev–Trinajstić information content (AvgIpc) is 3.44. The number of anilines is 2. The summed E-state index contributed by atoms with van der Waals surface area (Å²) in [4.78, 5) is 8.56. The van der Waals surface area contributed by atoms with E-state index in [0.29, 0.717) is 25.9 Å². The van der Waals surface area contributed by atoms with Gasteiger partial charge in [0.25, 0.3) is 10.0 Å². The molecule has 11 heteroatoms. The number of sulfonamides is 1. The number of nitrogen functional groups attached to an aromatic ring is 1. The summed E-state index contributed by atoms with van der Waals surface area (Å²) < 4.78 is 45.3. The van der Waals surface area contributed by atoms with Crippen LogP contribution in [0.15, 0.2) is 53.7 Å². The molecule has 0 unspecified atom stereocenters. The maximum Gasteiger partial charge on any atom is 0.263 e. The molecule has 4 aromatic rings. The summed E-state index contributed by atoms with van der Waals surface area (Å²) in [6.07, 6.45) is 5.62. The van der Waals surface area contributed by atoms with E-state index in [1.54, 1.807) is 24.3 Å². The Morgan fingerprint density at radius 3 is 2.61 bits per heavy atom. The van der Waals surface area contributed by atoms with Gasteiger partial charge < -0.3 is 5.73 Å². The van der Waals surface area contributed by atoms with E-state index in [4.69, 9.17) is 10.8 Å². The Hall–Kier alpha value is -2.80. The van der Waals surface area contributed by atoms with Crippen LogP contribution in [0.25, 0.3) is 22.3 Å². The Balaban J connectivity index is 1.55. The summed E-state index contributed by atoms with van der Waals surface area (Å²) in [5, 5.41) is 5.30. The van der Waals surface area contributed by atoms with Gasteiger partial charge in [-0.05, 0) is 59.7 Å². The predicted molar refractivity (Wildman–Crippen MR) is 133 cm³/mol. The first-order valence-electron chi connectivity index (χ1n) is 10.4. The molecule has 0 bridgehead atoms. The third-order valence-electron chi connectivity index (χ3n) is 5.80. The second-order valence-electron chi connectivity index (χ2n) is 7.92. The fourth-order valence-electron chi connectivity index (χ4n) is 4.21. The van der Waals surface area contributed by atoms with Crippen LogP contribution < -0.4 is 10.5 Å². The first kappa shape index (κ1) is 22.0. The number of hydrogen-bond donors (Lipinski definition) is 2. The number of nitrogens with one attached hydrogen (secondary N) is 1. The summed E-state index contributed by atoms with van der Waals surface area (Å²) in [7, 11) is -3.95. The molecule has 1 fully saturated rings. The van der Waals surface area contributed by atoms with Gasteiger partial charge in [0.05, 0.1) is 17.1 Å². The zero-order valence-corrected chi connectivity index (χ0v) is 20.3. The number of benzene rings is 2. The van der Waals surface area contributed by atoms with Crippen LogP contribution in [0.3, 0.4) is 0 Å². The SMILES string of the molecule is Nc1ncnc2c1c(-c1ccc(NS(=O)(=O)c3ccccc3I)c(F)c1)nn2C1CCCC1. The van der Waals surface area contributed by atoms with Gasteiger partial charge in [0.2, 0.25) is 0 Å². The third kappa shape index (κ3) is 4.03. The quantitative estimate of drug-likeness (QED) is 0.331. The van der Waals surface area contributed by atoms with Gasteiger partial charge in [-0.1, -0.05) is 31.0 Å². The van der Waals surface area contributed by atoms with Crippen LogP contribution in [0.2, 0.25) is 0 Å². The van der Waals surface area contributed by atoms with E-state index in [0.717, 1.165) is 25.7 Å². The van der Waals surface area contributed by atoms with E-state index < -0.39 is 15.8 Å². The number of halogens is 2. The molecule has 2 aromatic carbocycles. The molecule has 3 N–H and O–H groups in total. The summed E-state index contributed by atoms with van der Waals surface area (Å²) in [5.74, 6) is -0.455. The van der Waals surface area contributed by atoms with Gasteiger partial charge in [-0.25, -0.2) is 27.5 Å². The standard InChI is InChI=1S/C22H20FIN6O2S/c23-15-11-13(9-10-17(15)29-33(31,32)18-8-4-3-7-16(18)24)20-19-21(25)26-12-27-22(19)30(28-20)14-5-1-2-6-14/h3-4,7-12,14,29H,1-2,5-6H2,(H2,25,26,27). The summed E-state index contributed by atoms with van der Waals surface area (Å²) in [5.41, 5.74) is 7.55.